The molecule has 4 aromatic carbocycles. The van der Waals surface area contributed by atoms with Gasteiger partial charge in [0.1, 0.15) is 32.7 Å². The molecule has 40 heavy (non-hydrogen) atoms. The molecule has 0 saturated heterocycles. The molecular formula is C24H20N4O10S2. The number of rotatable bonds is 8. The molecule has 0 amide bonds. The Morgan fingerprint density at radius 2 is 0.950 bits per heavy atom. The third-order valence-electron chi connectivity index (χ3n) is 5.48. The van der Waals surface area contributed by atoms with Crippen LogP contribution in [-0.4, -0.2) is 50.4 Å². The highest BCUT2D eigenvalue weighted by atomic mass is 32.2. The predicted molar refractivity (Wildman–Crippen MR) is 141 cm³/mol. The molecular weight excluding hydrogens is 568 g/mol. The average molecular weight is 589 g/mol. The maximum Gasteiger partial charge on any atom is 0.296 e. The van der Waals surface area contributed by atoms with E-state index in [1.165, 1.54) is 38.5 Å². The van der Waals surface area contributed by atoms with Crippen molar-refractivity contribution >= 4 is 53.8 Å². The minimum atomic E-state index is -5.07. The van der Waals surface area contributed by atoms with Crippen molar-refractivity contribution in [1.82, 2.24) is 0 Å². The Morgan fingerprint density at radius 1 is 0.600 bits per heavy atom. The molecule has 0 aromatic heterocycles. The average Bonchev–Trinajstić information content (AvgIpc) is 2.91. The smallest absolute Gasteiger partial charge is 0.296 e. The monoisotopic (exact) mass is 588 g/mol. The summed E-state index contributed by atoms with van der Waals surface area (Å²) in [7, 11) is -7.23. The van der Waals surface area contributed by atoms with E-state index in [2.05, 4.69) is 20.5 Å². The molecule has 0 radical (unpaired) electrons. The van der Waals surface area contributed by atoms with Gasteiger partial charge in [0.2, 0.25) is 0 Å². The van der Waals surface area contributed by atoms with Crippen molar-refractivity contribution in [2.45, 2.75) is 9.79 Å². The van der Waals surface area contributed by atoms with Gasteiger partial charge in [0.25, 0.3) is 20.2 Å². The van der Waals surface area contributed by atoms with Crippen LogP contribution in [0.4, 0.5) is 22.7 Å². The highest BCUT2D eigenvalue weighted by Crippen LogP contribution is 2.50. The van der Waals surface area contributed by atoms with Gasteiger partial charge in [0, 0.05) is 0 Å². The van der Waals surface area contributed by atoms with Crippen LogP contribution >= 0.6 is 0 Å². The van der Waals surface area contributed by atoms with Crippen LogP contribution in [0.1, 0.15) is 0 Å². The third kappa shape index (κ3) is 5.84. The van der Waals surface area contributed by atoms with Crippen LogP contribution in [0, 0.1) is 0 Å². The van der Waals surface area contributed by atoms with Crippen molar-refractivity contribution in [2.75, 3.05) is 14.2 Å². The highest BCUT2D eigenvalue weighted by Gasteiger charge is 2.28. The molecule has 0 unspecified atom stereocenters. The van der Waals surface area contributed by atoms with Crippen molar-refractivity contribution < 1.29 is 45.6 Å². The highest BCUT2D eigenvalue weighted by molar-refractivity contribution is 7.86. The molecule has 0 heterocycles. The van der Waals surface area contributed by atoms with Crippen molar-refractivity contribution in [3.8, 4) is 23.0 Å². The Balaban J connectivity index is 1.97. The van der Waals surface area contributed by atoms with Gasteiger partial charge in [-0.1, -0.05) is 0 Å². The maximum atomic E-state index is 12.1. The zero-order valence-electron chi connectivity index (χ0n) is 20.6. The fourth-order valence-corrected chi connectivity index (χ4v) is 4.88. The third-order valence-corrected chi connectivity index (χ3v) is 7.22. The Labute approximate surface area is 227 Å². The number of phenolic OH excluding ortho intramolecular Hbond substituents is 2. The molecule has 4 N–H and O–H groups in total. The second-order valence-corrected chi connectivity index (χ2v) is 10.8. The summed E-state index contributed by atoms with van der Waals surface area (Å²) < 4.78 is 78.2. The Morgan fingerprint density at radius 3 is 1.25 bits per heavy atom. The van der Waals surface area contributed by atoms with E-state index in [9.17, 15) is 36.2 Å². The lowest BCUT2D eigenvalue weighted by molar-refractivity contribution is 0.414. The molecule has 0 fully saturated rings. The van der Waals surface area contributed by atoms with Crippen LogP contribution in [0.25, 0.3) is 10.8 Å². The van der Waals surface area contributed by atoms with Gasteiger partial charge in [-0.25, -0.2) is 0 Å². The molecule has 4 aromatic rings. The summed E-state index contributed by atoms with van der Waals surface area (Å²) in [4.78, 5) is -1.91. The molecule has 0 bridgehead atoms. The Kier molecular flexibility index (Phi) is 7.70. The van der Waals surface area contributed by atoms with Crippen molar-refractivity contribution in [3.63, 3.8) is 0 Å². The number of methoxy groups -OCH3 is 2. The quantitative estimate of drug-likeness (QED) is 0.148. The van der Waals surface area contributed by atoms with Gasteiger partial charge in [0.05, 0.1) is 31.0 Å². The van der Waals surface area contributed by atoms with E-state index in [-0.39, 0.29) is 11.4 Å². The summed E-state index contributed by atoms with van der Waals surface area (Å²) >= 11 is 0. The lowest BCUT2D eigenvalue weighted by Crippen LogP contribution is -2.01. The largest absolute Gasteiger partial charge is 0.505 e. The summed E-state index contributed by atoms with van der Waals surface area (Å²) in [5, 5.41) is 36.3. The number of benzene rings is 4. The summed E-state index contributed by atoms with van der Waals surface area (Å²) in [5.41, 5.74) is -1.11. The SMILES string of the molecule is COc1ccc(N=Nc2c(S(=O)(=O)O)cc3cc(S(=O)(=O)O)c(N=Nc4ccc(OC)cc4)c(O)c3c2O)cc1. The fourth-order valence-electron chi connectivity index (χ4n) is 3.56. The van der Waals surface area contributed by atoms with Crippen LogP contribution in [0.2, 0.25) is 0 Å². The number of aromatic hydroxyl groups is 2. The molecule has 4 rings (SSSR count). The topological polar surface area (TPSA) is 217 Å². The summed E-state index contributed by atoms with van der Waals surface area (Å²) in [5.74, 6) is -0.964. The van der Waals surface area contributed by atoms with Crippen LogP contribution in [0.15, 0.2) is 90.9 Å². The minimum Gasteiger partial charge on any atom is -0.505 e. The lowest BCUT2D eigenvalue weighted by atomic mass is 10.1. The van der Waals surface area contributed by atoms with Crippen LogP contribution in [0.3, 0.4) is 0 Å². The van der Waals surface area contributed by atoms with E-state index in [0.29, 0.717) is 11.5 Å². The maximum absolute atomic E-state index is 12.1. The van der Waals surface area contributed by atoms with Crippen LogP contribution in [0.5, 0.6) is 23.0 Å². The molecule has 0 spiro atoms. The first kappa shape index (κ1) is 28.4. The van der Waals surface area contributed by atoms with Gasteiger partial charge in [-0.2, -0.15) is 27.1 Å². The van der Waals surface area contributed by atoms with E-state index in [1.54, 1.807) is 24.3 Å². The number of azo groups is 2. The number of ether oxygens (including phenoxy) is 2. The number of hydrogen-bond donors (Lipinski definition) is 4. The minimum absolute atomic E-state index is 0.210. The van der Waals surface area contributed by atoms with E-state index in [4.69, 9.17) is 9.47 Å². The van der Waals surface area contributed by atoms with Crippen LogP contribution in [-0.2, 0) is 20.2 Å². The molecule has 0 saturated carbocycles. The predicted octanol–water partition coefficient (Wildman–Crippen LogP) is 5.59. The molecule has 0 atom stereocenters. The van der Waals surface area contributed by atoms with E-state index in [0.717, 1.165) is 12.1 Å². The molecule has 0 aliphatic rings. The summed E-state index contributed by atoms with van der Waals surface area (Å²) in [6.07, 6.45) is 0. The molecule has 16 heteroatoms. The van der Waals surface area contributed by atoms with Gasteiger partial charge in [-0.15, -0.1) is 10.2 Å². The number of phenols is 2. The van der Waals surface area contributed by atoms with Gasteiger partial charge in [0.15, 0.2) is 11.5 Å². The number of nitrogens with zero attached hydrogens (tertiary/aromatic N) is 4. The first-order valence-electron chi connectivity index (χ1n) is 11.0. The van der Waals surface area contributed by atoms with Crippen molar-refractivity contribution in [3.05, 3.63) is 60.7 Å². The zero-order valence-corrected chi connectivity index (χ0v) is 22.3. The van der Waals surface area contributed by atoms with Crippen LogP contribution < -0.4 is 9.47 Å². The van der Waals surface area contributed by atoms with Gasteiger partial charge in [-0.3, -0.25) is 9.11 Å². The summed E-state index contributed by atoms with van der Waals surface area (Å²) in [6.45, 7) is 0. The second-order valence-electron chi connectivity index (χ2n) is 7.99. The lowest BCUT2D eigenvalue weighted by Gasteiger charge is -2.13. The van der Waals surface area contributed by atoms with E-state index in [1.807, 2.05) is 0 Å². The Hall–Kier alpha value is -4.64. The van der Waals surface area contributed by atoms with Crippen molar-refractivity contribution in [1.29, 1.82) is 0 Å². The molecule has 208 valence electrons. The van der Waals surface area contributed by atoms with E-state index >= 15 is 0 Å². The summed E-state index contributed by atoms with van der Waals surface area (Å²) in [6, 6.07) is 13.5. The van der Waals surface area contributed by atoms with Gasteiger partial charge < -0.3 is 19.7 Å². The molecule has 0 aliphatic carbocycles. The second kappa shape index (κ2) is 10.9. The first-order chi connectivity index (χ1) is 18.8. The van der Waals surface area contributed by atoms with E-state index < -0.39 is 63.7 Å². The van der Waals surface area contributed by atoms with Gasteiger partial charge >= 0.3 is 0 Å². The number of hydrogen-bond acceptors (Lipinski definition) is 12. The van der Waals surface area contributed by atoms with Gasteiger partial charge in [-0.05, 0) is 66.0 Å². The standard InChI is InChI=1S/C24H20N4O10S2/c1-37-16-7-3-14(4-8-16)25-27-21-18(39(31,32)33)11-13-12-19(40(34,35)36)22(24(30)20(13)23(21)29)28-26-15-5-9-17(38-2)10-6-15/h3-12,29-30H,1-2H3,(H,31,32,33)(H,34,35,36). The van der Waals surface area contributed by atoms with Crippen molar-refractivity contribution in [2.24, 2.45) is 20.5 Å². The number of fused-ring (bicyclic) bond motifs is 1. The first-order valence-corrected chi connectivity index (χ1v) is 13.8. The Bertz CT molecular complexity index is 1740. The molecule has 0 aliphatic heterocycles. The molecule has 14 nitrogen and oxygen atoms in total. The fraction of sp³-hybridized carbons (Fsp3) is 0.0833. The normalized spacial score (nSPS) is 12.4. The zero-order chi connectivity index (χ0) is 29.2.